The van der Waals surface area contributed by atoms with Crippen molar-refractivity contribution >= 4 is 40.1 Å². The van der Waals surface area contributed by atoms with E-state index < -0.39 is 4.92 Å². The first-order valence-corrected chi connectivity index (χ1v) is 10.7. The molecule has 0 saturated heterocycles. The van der Waals surface area contributed by atoms with Gasteiger partial charge in [-0.25, -0.2) is 9.67 Å². The number of non-ortho nitro benzene ring substituents is 1. The van der Waals surface area contributed by atoms with Crippen molar-refractivity contribution in [1.29, 1.82) is 0 Å². The van der Waals surface area contributed by atoms with Gasteiger partial charge in [0.15, 0.2) is 10.8 Å². The van der Waals surface area contributed by atoms with Crippen molar-refractivity contribution in [3.8, 4) is 5.69 Å². The van der Waals surface area contributed by atoms with Crippen LogP contribution >= 0.6 is 11.8 Å². The van der Waals surface area contributed by atoms with Crippen LogP contribution in [0.4, 0.5) is 11.4 Å². The topological polar surface area (TPSA) is 125 Å². The molecular formula is C21H16N6O4S. The third-order valence-corrected chi connectivity index (χ3v) is 6.23. The second kappa shape index (κ2) is 7.93. The highest BCUT2D eigenvalue weighted by molar-refractivity contribution is 7.99. The average molecular weight is 448 g/mol. The fourth-order valence-corrected chi connectivity index (χ4v) is 4.79. The maximum atomic E-state index is 13.2. The van der Waals surface area contributed by atoms with Gasteiger partial charge in [0.05, 0.1) is 22.8 Å². The lowest BCUT2D eigenvalue weighted by molar-refractivity contribution is -0.384. The molecule has 160 valence electrons. The van der Waals surface area contributed by atoms with Crippen molar-refractivity contribution in [1.82, 2.24) is 19.3 Å². The van der Waals surface area contributed by atoms with Crippen LogP contribution in [-0.2, 0) is 4.79 Å². The van der Waals surface area contributed by atoms with Crippen molar-refractivity contribution in [2.75, 3.05) is 11.1 Å². The summed E-state index contributed by atoms with van der Waals surface area (Å²) < 4.78 is 3.16. The molecule has 0 aliphatic carbocycles. The number of nitro benzene ring substituents is 1. The minimum atomic E-state index is -0.522. The molecule has 0 bridgehead atoms. The molecule has 3 heterocycles. The van der Waals surface area contributed by atoms with Crippen molar-refractivity contribution in [3.63, 3.8) is 0 Å². The number of fused-ring (bicyclic) bond motifs is 2. The number of amides is 1. The number of anilines is 1. The summed E-state index contributed by atoms with van der Waals surface area (Å²) in [4.78, 5) is 40.8. The highest BCUT2D eigenvalue weighted by atomic mass is 32.2. The molecule has 1 aliphatic rings. The van der Waals surface area contributed by atoms with E-state index in [9.17, 15) is 19.7 Å². The Morgan fingerprint density at radius 2 is 2.03 bits per heavy atom. The second-order valence-electron chi connectivity index (χ2n) is 7.22. The monoisotopic (exact) mass is 448 g/mol. The van der Waals surface area contributed by atoms with Crippen LogP contribution in [0.2, 0.25) is 0 Å². The van der Waals surface area contributed by atoms with Crippen LogP contribution in [0.15, 0.2) is 70.7 Å². The number of rotatable bonds is 5. The number of carbonyl (C=O) groups is 1. The molecule has 2 aromatic carbocycles. The number of carbonyl (C=O) groups excluding carboxylic acids is 1. The highest BCUT2D eigenvalue weighted by Gasteiger charge is 2.29. The van der Waals surface area contributed by atoms with Gasteiger partial charge in [0.2, 0.25) is 5.91 Å². The summed E-state index contributed by atoms with van der Waals surface area (Å²) in [5.41, 5.74) is 1.25. The Bertz CT molecular complexity index is 1420. The number of hydrogen-bond acceptors (Lipinski definition) is 7. The molecule has 1 unspecified atom stereocenters. The van der Waals surface area contributed by atoms with E-state index in [2.05, 4.69) is 15.4 Å². The van der Waals surface area contributed by atoms with Crippen LogP contribution < -0.4 is 10.9 Å². The van der Waals surface area contributed by atoms with E-state index in [0.29, 0.717) is 27.6 Å². The van der Waals surface area contributed by atoms with E-state index in [0.717, 1.165) is 5.69 Å². The Balaban J connectivity index is 1.41. The van der Waals surface area contributed by atoms with Gasteiger partial charge in [-0.15, -0.1) is 0 Å². The van der Waals surface area contributed by atoms with Gasteiger partial charge in [0.25, 0.3) is 11.2 Å². The molecule has 0 fully saturated rings. The molecule has 0 saturated carbocycles. The summed E-state index contributed by atoms with van der Waals surface area (Å²) >= 11 is 1.41. The lowest BCUT2D eigenvalue weighted by Crippen LogP contribution is -2.27. The van der Waals surface area contributed by atoms with Gasteiger partial charge < -0.3 is 5.32 Å². The third-order valence-electron chi connectivity index (χ3n) is 5.13. The van der Waals surface area contributed by atoms with Gasteiger partial charge in [-0.2, -0.15) is 5.10 Å². The molecule has 1 N–H and O–H groups in total. The Kier molecular flexibility index (Phi) is 4.94. The number of nitrogens with one attached hydrogen (secondary N) is 1. The number of hydrogen-bond donors (Lipinski definition) is 1. The van der Waals surface area contributed by atoms with Crippen molar-refractivity contribution in [3.05, 3.63) is 81.3 Å². The normalized spacial score (nSPS) is 14.9. The Labute approximate surface area is 185 Å². The predicted octanol–water partition coefficient (Wildman–Crippen LogP) is 3.17. The van der Waals surface area contributed by atoms with Gasteiger partial charge in [-0.05, 0) is 18.2 Å². The summed E-state index contributed by atoms with van der Waals surface area (Å²) in [5, 5.41) is 18.8. The maximum Gasteiger partial charge on any atom is 0.271 e. The van der Waals surface area contributed by atoms with Crippen LogP contribution in [0.25, 0.3) is 16.7 Å². The van der Waals surface area contributed by atoms with Crippen LogP contribution in [0.5, 0.6) is 0 Å². The van der Waals surface area contributed by atoms with E-state index in [4.69, 9.17) is 0 Å². The number of thioether (sulfide) groups is 1. The predicted molar refractivity (Wildman–Crippen MR) is 119 cm³/mol. The molecule has 2 aromatic heterocycles. The zero-order chi connectivity index (χ0) is 22.2. The molecule has 10 nitrogen and oxygen atoms in total. The molecule has 32 heavy (non-hydrogen) atoms. The molecule has 11 heteroatoms. The fourth-order valence-electron chi connectivity index (χ4n) is 3.66. The van der Waals surface area contributed by atoms with Crippen LogP contribution in [0.3, 0.4) is 0 Å². The van der Waals surface area contributed by atoms with Gasteiger partial charge in [0, 0.05) is 30.0 Å². The molecular weight excluding hydrogens is 432 g/mol. The standard InChI is InChI=1S/C21H16N6O4S/c28-18(23-13-5-4-8-15(9-13)27(30)31)10-16-12-32-21-24-19-17(20(29)25(16)21)11-22-26(19)14-6-2-1-3-7-14/h1-9,11,16H,10,12H2,(H,23,28). The number of benzene rings is 2. The summed E-state index contributed by atoms with van der Waals surface area (Å²) in [6, 6.07) is 14.8. The SMILES string of the molecule is O=C(CC1CSc2nc3c(cnn3-c3ccccc3)c(=O)n21)Nc1cccc([N+](=O)[O-])c1. The number of nitro groups is 1. The molecule has 5 rings (SSSR count). The summed E-state index contributed by atoms with van der Waals surface area (Å²) in [6.45, 7) is 0. The zero-order valence-electron chi connectivity index (χ0n) is 16.5. The third kappa shape index (κ3) is 3.52. The van der Waals surface area contributed by atoms with Crippen LogP contribution in [0, 0.1) is 10.1 Å². The van der Waals surface area contributed by atoms with Gasteiger partial charge in [-0.3, -0.25) is 24.3 Å². The number of aromatic nitrogens is 4. The number of para-hydroxylation sites is 1. The van der Waals surface area contributed by atoms with E-state index >= 15 is 0 Å². The first kappa shape index (κ1) is 19.9. The van der Waals surface area contributed by atoms with Gasteiger partial charge in [-0.1, -0.05) is 36.0 Å². The Morgan fingerprint density at radius 3 is 2.81 bits per heavy atom. The highest BCUT2D eigenvalue weighted by Crippen LogP contribution is 2.33. The fraction of sp³-hybridized carbons (Fsp3) is 0.143. The maximum absolute atomic E-state index is 13.2. The van der Waals surface area contributed by atoms with Crippen LogP contribution in [-0.4, -0.2) is 35.9 Å². The minimum absolute atomic E-state index is 0.0443. The first-order valence-electron chi connectivity index (χ1n) is 9.74. The molecule has 0 radical (unpaired) electrons. The van der Waals surface area contributed by atoms with Crippen molar-refractivity contribution < 1.29 is 9.72 Å². The molecule has 1 aliphatic heterocycles. The Hall–Kier alpha value is -3.99. The quantitative estimate of drug-likeness (QED) is 0.282. The summed E-state index contributed by atoms with van der Waals surface area (Å²) in [5.74, 6) is 0.187. The average Bonchev–Trinajstić information content (AvgIpc) is 3.39. The van der Waals surface area contributed by atoms with Crippen molar-refractivity contribution in [2.24, 2.45) is 0 Å². The van der Waals surface area contributed by atoms with Gasteiger partial charge in [0.1, 0.15) is 5.39 Å². The van der Waals surface area contributed by atoms with Crippen molar-refractivity contribution in [2.45, 2.75) is 17.6 Å². The van der Waals surface area contributed by atoms with E-state index in [-0.39, 0.29) is 29.6 Å². The summed E-state index contributed by atoms with van der Waals surface area (Å²) in [7, 11) is 0. The summed E-state index contributed by atoms with van der Waals surface area (Å²) in [6.07, 6.45) is 1.54. The largest absolute Gasteiger partial charge is 0.326 e. The Morgan fingerprint density at radius 1 is 1.22 bits per heavy atom. The molecule has 0 spiro atoms. The number of nitrogens with zero attached hydrogens (tertiary/aromatic N) is 5. The van der Waals surface area contributed by atoms with E-state index in [1.807, 2.05) is 30.3 Å². The molecule has 1 atom stereocenters. The van der Waals surface area contributed by atoms with E-state index in [1.54, 1.807) is 10.7 Å². The zero-order valence-corrected chi connectivity index (χ0v) is 17.4. The smallest absolute Gasteiger partial charge is 0.271 e. The van der Waals surface area contributed by atoms with Crippen LogP contribution in [0.1, 0.15) is 12.5 Å². The van der Waals surface area contributed by atoms with Gasteiger partial charge >= 0.3 is 0 Å². The lowest BCUT2D eigenvalue weighted by atomic mass is 10.2. The molecule has 1 amide bonds. The molecule has 4 aromatic rings. The lowest BCUT2D eigenvalue weighted by Gasteiger charge is -2.13. The minimum Gasteiger partial charge on any atom is -0.326 e. The second-order valence-corrected chi connectivity index (χ2v) is 8.21. The first-order chi connectivity index (χ1) is 15.5. The van der Waals surface area contributed by atoms with E-state index in [1.165, 1.54) is 40.7 Å².